The van der Waals surface area contributed by atoms with Crippen LogP contribution >= 0.6 is 11.6 Å². The normalized spacial score (nSPS) is 10.4. The van der Waals surface area contributed by atoms with Crippen molar-refractivity contribution in [2.24, 2.45) is 0 Å². The lowest BCUT2D eigenvalue weighted by atomic mass is 10.0. The van der Waals surface area contributed by atoms with E-state index in [-0.39, 0.29) is 6.42 Å². The first-order chi connectivity index (χ1) is 12.1. The van der Waals surface area contributed by atoms with Crippen LogP contribution in [0.25, 0.3) is 11.1 Å². The van der Waals surface area contributed by atoms with Crippen LogP contribution in [0.5, 0.6) is 5.75 Å². The molecule has 3 nitrogen and oxygen atoms in total. The number of halogens is 1. The van der Waals surface area contributed by atoms with Gasteiger partial charge in [0.25, 0.3) is 0 Å². The van der Waals surface area contributed by atoms with Gasteiger partial charge in [0.2, 0.25) is 0 Å². The quantitative estimate of drug-likeness (QED) is 0.662. The van der Waals surface area contributed by atoms with Crippen molar-refractivity contribution >= 4 is 17.6 Å². The van der Waals surface area contributed by atoms with E-state index in [9.17, 15) is 4.79 Å². The smallest absolute Gasteiger partial charge is 0.307 e. The molecule has 4 heteroatoms. The second-order valence-electron chi connectivity index (χ2n) is 5.68. The van der Waals surface area contributed by atoms with Crippen molar-refractivity contribution in [1.82, 2.24) is 0 Å². The molecule has 126 valence electrons. The maximum absolute atomic E-state index is 10.9. The standard InChI is InChI=1S/C21H17ClO3/c22-20-11-6-16(13-21(23)24)12-19(20)17-7-9-18(10-8-17)25-14-15-4-2-1-3-5-15/h1-12H,13-14H2,(H,23,24). The highest BCUT2D eigenvalue weighted by Gasteiger charge is 2.08. The molecular weight excluding hydrogens is 336 g/mol. The Morgan fingerprint density at radius 2 is 1.64 bits per heavy atom. The fourth-order valence-corrected chi connectivity index (χ4v) is 2.78. The molecule has 0 saturated carbocycles. The van der Waals surface area contributed by atoms with Gasteiger partial charge in [-0.3, -0.25) is 4.79 Å². The van der Waals surface area contributed by atoms with Crippen LogP contribution in [-0.2, 0) is 17.8 Å². The third-order valence-electron chi connectivity index (χ3n) is 3.80. The van der Waals surface area contributed by atoms with Gasteiger partial charge < -0.3 is 9.84 Å². The van der Waals surface area contributed by atoms with Gasteiger partial charge in [-0.05, 0) is 41.0 Å². The topological polar surface area (TPSA) is 46.5 Å². The summed E-state index contributed by atoms with van der Waals surface area (Å²) in [5, 5.41) is 9.53. The molecule has 3 aromatic rings. The molecule has 0 aliphatic heterocycles. The Kier molecular flexibility index (Phi) is 5.36. The summed E-state index contributed by atoms with van der Waals surface area (Å²) >= 11 is 6.27. The number of carboxylic acid groups (broad SMARTS) is 1. The molecule has 0 heterocycles. The molecule has 0 radical (unpaired) electrons. The Labute approximate surface area is 151 Å². The van der Waals surface area contributed by atoms with Crippen LogP contribution in [0.2, 0.25) is 5.02 Å². The Morgan fingerprint density at radius 1 is 0.920 bits per heavy atom. The molecule has 0 unspecified atom stereocenters. The molecule has 0 spiro atoms. The third kappa shape index (κ3) is 4.61. The van der Waals surface area contributed by atoms with Crippen molar-refractivity contribution in [2.75, 3.05) is 0 Å². The zero-order chi connectivity index (χ0) is 17.6. The van der Waals surface area contributed by atoms with E-state index in [2.05, 4.69) is 0 Å². The highest BCUT2D eigenvalue weighted by molar-refractivity contribution is 6.33. The number of benzene rings is 3. The van der Waals surface area contributed by atoms with Crippen molar-refractivity contribution in [1.29, 1.82) is 0 Å². The molecule has 0 fully saturated rings. The number of aliphatic carboxylic acids is 1. The van der Waals surface area contributed by atoms with Crippen molar-refractivity contribution < 1.29 is 14.6 Å². The van der Waals surface area contributed by atoms with Crippen LogP contribution < -0.4 is 4.74 Å². The van der Waals surface area contributed by atoms with Gasteiger partial charge in [0.05, 0.1) is 6.42 Å². The van der Waals surface area contributed by atoms with Crippen molar-refractivity contribution in [3.05, 3.63) is 88.9 Å². The Hall–Kier alpha value is -2.78. The number of carbonyl (C=O) groups is 1. The van der Waals surface area contributed by atoms with Gasteiger partial charge >= 0.3 is 5.97 Å². The van der Waals surface area contributed by atoms with Crippen LogP contribution in [0.4, 0.5) is 0 Å². The van der Waals surface area contributed by atoms with E-state index in [1.54, 1.807) is 12.1 Å². The summed E-state index contributed by atoms with van der Waals surface area (Å²) in [6, 6.07) is 22.9. The highest BCUT2D eigenvalue weighted by Crippen LogP contribution is 2.30. The molecule has 3 aromatic carbocycles. The van der Waals surface area contributed by atoms with Crippen LogP contribution in [-0.4, -0.2) is 11.1 Å². The second kappa shape index (κ2) is 7.86. The van der Waals surface area contributed by atoms with Crippen LogP contribution in [0.15, 0.2) is 72.8 Å². The van der Waals surface area contributed by atoms with E-state index in [1.807, 2.05) is 60.7 Å². The lowest BCUT2D eigenvalue weighted by Gasteiger charge is -2.10. The van der Waals surface area contributed by atoms with E-state index in [0.29, 0.717) is 11.6 Å². The monoisotopic (exact) mass is 352 g/mol. The predicted octanol–water partition coefficient (Wildman–Crippen LogP) is 5.21. The molecule has 0 amide bonds. The molecule has 0 aliphatic carbocycles. The molecule has 0 aromatic heterocycles. The van der Waals surface area contributed by atoms with Crippen LogP contribution in [0.1, 0.15) is 11.1 Å². The molecule has 3 rings (SSSR count). The Bertz CT molecular complexity index is 858. The summed E-state index contributed by atoms with van der Waals surface area (Å²) in [6.07, 6.45) is -0.0254. The number of hydrogen-bond acceptors (Lipinski definition) is 2. The zero-order valence-corrected chi connectivity index (χ0v) is 14.2. The third-order valence-corrected chi connectivity index (χ3v) is 4.13. The molecule has 0 aliphatic rings. The predicted molar refractivity (Wildman–Crippen MR) is 99.0 cm³/mol. The summed E-state index contributed by atoms with van der Waals surface area (Å²) in [4.78, 5) is 10.9. The Balaban J connectivity index is 1.74. The first-order valence-corrected chi connectivity index (χ1v) is 8.27. The Morgan fingerprint density at radius 3 is 2.32 bits per heavy atom. The maximum atomic E-state index is 10.9. The summed E-state index contributed by atoms with van der Waals surface area (Å²) in [5.74, 6) is -0.0941. The largest absolute Gasteiger partial charge is 0.489 e. The number of carboxylic acids is 1. The number of hydrogen-bond donors (Lipinski definition) is 1. The lowest BCUT2D eigenvalue weighted by molar-refractivity contribution is -0.136. The highest BCUT2D eigenvalue weighted by atomic mass is 35.5. The fourth-order valence-electron chi connectivity index (χ4n) is 2.55. The van der Waals surface area contributed by atoms with Crippen LogP contribution in [0, 0.1) is 0 Å². The van der Waals surface area contributed by atoms with Crippen LogP contribution in [0.3, 0.4) is 0 Å². The molecule has 25 heavy (non-hydrogen) atoms. The van der Waals surface area contributed by atoms with Gasteiger partial charge in [0.15, 0.2) is 0 Å². The molecule has 0 atom stereocenters. The van der Waals surface area contributed by atoms with Crippen molar-refractivity contribution in [2.45, 2.75) is 13.0 Å². The fraction of sp³-hybridized carbons (Fsp3) is 0.0952. The van der Waals surface area contributed by atoms with E-state index in [0.717, 1.165) is 28.0 Å². The van der Waals surface area contributed by atoms with E-state index in [1.165, 1.54) is 0 Å². The minimum Gasteiger partial charge on any atom is -0.489 e. The molecule has 1 N–H and O–H groups in total. The SMILES string of the molecule is O=C(O)Cc1ccc(Cl)c(-c2ccc(OCc3ccccc3)cc2)c1. The minimum atomic E-state index is -0.863. The van der Waals surface area contributed by atoms with E-state index >= 15 is 0 Å². The summed E-state index contributed by atoms with van der Waals surface area (Å²) in [5.41, 5.74) is 3.56. The van der Waals surface area contributed by atoms with Gasteiger partial charge in [-0.15, -0.1) is 0 Å². The van der Waals surface area contributed by atoms with Gasteiger partial charge in [0.1, 0.15) is 12.4 Å². The van der Waals surface area contributed by atoms with E-state index in [4.69, 9.17) is 21.4 Å². The first kappa shape index (κ1) is 17.1. The number of ether oxygens (including phenoxy) is 1. The summed E-state index contributed by atoms with van der Waals surface area (Å²) < 4.78 is 5.78. The van der Waals surface area contributed by atoms with E-state index < -0.39 is 5.97 Å². The van der Waals surface area contributed by atoms with Gasteiger partial charge in [-0.1, -0.05) is 60.1 Å². The summed E-state index contributed by atoms with van der Waals surface area (Å²) in [7, 11) is 0. The van der Waals surface area contributed by atoms with Gasteiger partial charge in [-0.2, -0.15) is 0 Å². The van der Waals surface area contributed by atoms with Gasteiger partial charge in [-0.25, -0.2) is 0 Å². The average molecular weight is 353 g/mol. The van der Waals surface area contributed by atoms with Crippen molar-refractivity contribution in [3.63, 3.8) is 0 Å². The molecule has 0 bridgehead atoms. The van der Waals surface area contributed by atoms with Gasteiger partial charge in [0, 0.05) is 10.6 Å². The second-order valence-corrected chi connectivity index (χ2v) is 6.09. The first-order valence-electron chi connectivity index (χ1n) is 7.89. The maximum Gasteiger partial charge on any atom is 0.307 e. The average Bonchev–Trinajstić information content (AvgIpc) is 2.63. The van der Waals surface area contributed by atoms with Crippen molar-refractivity contribution in [3.8, 4) is 16.9 Å². The minimum absolute atomic E-state index is 0.0254. The zero-order valence-electron chi connectivity index (χ0n) is 13.5. The number of rotatable bonds is 6. The molecular formula is C21H17ClO3. The summed E-state index contributed by atoms with van der Waals surface area (Å²) in [6.45, 7) is 0.509. The lowest BCUT2D eigenvalue weighted by Crippen LogP contribution is -2.00. The molecule has 0 saturated heterocycles.